The fourth-order valence-corrected chi connectivity index (χ4v) is 1.25. The summed E-state index contributed by atoms with van der Waals surface area (Å²) < 4.78 is 0. The fraction of sp³-hybridized carbons (Fsp3) is 0.667. The van der Waals surface area contributed by atoms with Crippen LogP contribution in [0.15, 0.2) is 11.6 Å². The van der Waals surface area contributed by atoms with E-state index >= 15 is 0 Å². The van der Waals surface area contributed by atoms with Crippen molar-refractivity contribution in [1.82, 2.24) is 10.2 Å². The average Bonchev–Trinajstić information content (AvgIpc) is 2.16. The third-order valence-corrected chi connectivity index (χ3v) is 2.21. The number of amides is 2. The van der Waals surface area contributed by atoms with Crippen molar-refractivity contribution < 1.29 is 14.7 Å². The van der Waals surface area contributed by atoms with Gasteiger partial charge in [-0.25, -0.2) is 4.79 Å². The molecule has 0 aliphatic carbocycles. The molecule has 0 aliphatic rings. The molecule has 0 saturated carbocycles. The Bertz CT molecular complexity index is 294. The predicted molar refractivity (Wildman–Crippen MR) is 66.9 cm³/mol. The van der Waals surface area contributed by atoms with Crippen molar-refractivity contribution in [2.75, 3.05) is 13.1 Å². The number of carboxylic acid groups (broad SMARTS) is 1. The molecule has 0 bridgehead atoms. The van der Waals surface area contributed by atoms with E-state index in [-0.39, 0.29) is 25.0 Å². The molecule has 0 fully saturated rings. The quantitative estimate of drug-likeness (QED) is 0.698. The maximum absolute atomic E-state index is 11.8. The van der Waals surface area contributed by atoms with Gasteiger partial charge >= 0.3 is 12.0 Å². The molecule has 0 saturated heterocycles. The Hall–Kier alpha value is -1.52. The second kappa shape index (κ2) is 7.70. The summed E-state index contributed by atoms with van der Waals surface area (Å²) in [5.74, 6) is -0.896. The summed E-state index contributed by atoms with van der Waals surface area (Å²) in [6.07, 6.45) is 1.88. The Morgan fingerprint density at radius 1 is 1.35 bits per heavy atom. The van der Waals surface area contributed by atoms with Gasteiger partial charge in [-0.2, -0.15) is 0 Å². The number of aliphatic carboxylic acids is 1. The predicted octanol–water partition coefficient (Wildman–Crippen LogP) is 1.85. The Labute approximate surface area is 102 Å². The minimum atomic E-state index is -0.896. The highest BCUT2D eigenvalue weighted by Crippen LogP contribution is 2.00. The van der Waals surface area contributed by atoms with Gasteiger partial charge in [0.1, 0.15) is 0 Å². The Morgan fingerprint density at radius 2 is 1.94 bits per heavy atom. The molecule has 17 heavy (non-hydrogen) atoms. The monoisotopic (exact) mass is 242 g/mol. The summed E-state index contributed by atoms with van der Waals surface area (Å²) >= 11 is 0. The first-order valence-electron chi connectivity index (χ1n) is 5.74. The molecular formula is C12H22N2O3. The highest BCUT2D eigenvalue weighted by Gasteiger charge is 2.16. The highest BCUT2D eigenvalue weighted by atomic mass is 16.4. The third-order valence-electron chi connectivity index (χ3n) is 2.21. The maximum atomic E-state index is 11.8. The number of rotatable bonds is 6. The molecule has 0 rings (SSSR count). The molecule has 5 heteroatoms. The number of nitrogens with zero attached hydrogens (tertiary/aromatic N) is 1. The van der Waals surface area contributed by atoms with Gasteiger partial charge in [-0.1, -0.05) is 11.6 Å². The number of carbonyl (C=O) groups is 2. The lowest BCUT2D eigenvalue weighted by molar-refractivity contribution is -0.137. The van der Waals surface area contributed by atoms with Crippen molar-refractivity contribution in [3.05, 3.63) is 11.6 Å². The molecule has 0 aromatic rings. The summed E-state index contributed by atoms with van der Waals surface area (Å²) in [7, 11) is 0. The number of allylic oxidation sites excluding steroid dienone is 1. The molecule has 2 amide bonds. The van der Waals surface area contributed by atoms with Crippen molar-refractivity contribution in [2.24, 2.45) is 0 Å². The van der Waals surface area contributed by atoms with Crippen molar-refractivity contribution in [3.63, 3.8) is 0 Å². The molecule has 0 radical (unpaired) electrons. The summed E-state index contributed by atoms with van der Waals surface area (Å²) in [5, 5.41) is 11.3. The van der Waals surface area contributed by atoms with Gasteiger partial charge in [0.05, 0.1) is 6.42 Å². The lowest BCUT2D eigenvalue weighted by Crippen LogP contribution is -2.45. The van der Waals surface area contributed by atoms with Crippen LogP contribution >= 0.6 is 0 Å². The zero-order valence-corrected chi connectivity index (χ0v) is 11.0. The van der Waals surface area contributed by atoms with E-state index in [2.05, 4.69) is 5.32 Å². The molecule has 0 heterocycles. The number of hydrogen-bond donors (Lipinski definition) is 2. The first kappa shape index (κ1) is 15.5. The molecule has 0 unspecified atom stereocenters. The van der Waals surface area contributed by atoms with Crippen LogP contribution in [-0.2, 0) is 4.79 Å². The smallest absolute Gasteiger partial charge is 0.317 e. The van der Waals surface area contributed by atoms with Crippen LogP contribution in [-0.4, -0.2) is 41.1 Å². The van der Waals surface area contributed by atoms with Crippen molar-refractivity contribution >= 4 is 12.0 Å². The number of hydrogen-bond acceptors (Lipinski definition) is 2. The van der Waals surface area contributed by atoms with Crippen LogP contribution in [0.4, 0.5) is 4.79 Å². The Balaban J connectivity index is 4.25. The summed E-state index contributed by atoms with van der Waals surface area (Å²) in [4.78, 5) is 23.8. The van der Waals surface area contributed by atoms with Gasteiger partial charge in [-0.15, -0.1) is 0 Å². The van der Waals surface area contributed by atoms with Crippen LogP contribution in [0.1, 0.15) is 34.1 Å². The van der Waals surface area contributed by atoms with Crippen LogP contribution in [0.2, 0.25) is 0 Å². The second-order valence-electron chi connectivity index (χ2n) is 4.40. The minimum Gasteiger partial charge on any atom is -0.481 e. The largest absolute Gasteiger partial charge is 0.481 e. The topological polar surface area (TPSA) is 69.6 Å². The Morgan fingerprint density at radius 3 is 2.35 bits per heavy atom. The van der Waals surface area contributed by atoms with Gasteiger partial charge in [0.25, 0.3) is 0 Å². The van der Waals surface area contributed by atoms with E-state index in [1.807, 2.05) is 33.8 Å². The van der Waals surface area contributed by atoms with Gasteiger partial charge in [0.2, 0.25) is 0 Å². The second-order valence-corrected chi connectivity index (χ2v) is 4.40. The SMILES string of the molecule is CC(C)=CCNC(=O)N(CCC(=O)O)C(C)C. The average molecular weight is 242 g/mol. The molecule has 0 spiro atoms. The van der Waals surface area contributed by atoms with Gasteiger partial charge in [-0.3, -0.25) is 4.79 Å². The zero-order valence-electron chi connectivity index (χ0n) is 11.0. The molecule has 0 atom stereocenters. The van der Waals surface area contributed by atoms with Crippen LogP contribution in [0.5, 0.6) is 0 Å². The van der Waals surface area contributed by atoms with E-state index in [9.17, 15) is 9.59 Å². The summed E-state index contributed by atoms with van der Waals surface area (Å²) in [6, 6.07) is -0.236. The molecule has 0 aromatic carbocycles. The third kappa shape index (κ3) is 7.38. The summed E-state index contributed by atoms with van der Waals surface area (Å²) in [6.45, 7) is 8.34. The lowest BCUT2D eigenvalue weighted by Gasteiger charge is -2.26. The van der Waals surface area contributed by atoms with Crippen molar-refractivity contribution in [3.8, 4) is 0 Å². The highest BCUT2D eigenvalue weighted by molar-refractivity contribution is 5.75. The molecule has 2 N–H and O–H groups in total. The van der Waals surface area contributed by atoms with Gasteiger partial charge < -0.3 is 15.3 Å². The number of urea groups is 1. The maximum Gasteiger partial charge on any atom is 0.317 e. The molecule has 0 aliphatic heterocycles. The van der Waals surface area contributed by atoms with E-state index in [1.54, 1.807) is 0 Å². The number of nitrogens with one attached hydrogen (secondary N) is 1. The van der Waals surface area contributed by atoms with Gasteiger partial charge in [-0.05, 0) is 27.7 Å². The van der Waals surface area contributed by atoms with Crippen LogP contribution in [0, 0.1) is 0 Å². The van der Waals surface area contributed by atoms with Crippen LogP contribution in [0.3, 0.4) is 0 Å². The normalized spacial score (nSPS) is 9.94. The lowest BCUT2D eigenvalue weighted by atomic mass is 10.3. The molecule has 98 valence electrons. The molecule has 5 nitrogen and oxygen atoms in total. The number of carbonyl (C=O) groups excluding carboxylic acids is 1. The molecule has 0 aromatic heterocycles. The van der Waals surface area contributed by atoms with Crippen molar-refractivity contribution in [1.29, 1.82) is 0 Å². The van der Waals surface area contributed by atoms with Crippen LogP contribution < -0.4 is 5.32 Å². The van der Waals surface area contributed by atoms with Gasteiger partial charge in [0.15, 0.2) is 0 Å². The first-order chi connectivity index (χ1) is 7.84. The molecular weight excluding hydrogens is 220 g/mol. The standard InChI is InChI=1S/C12H22N2O3/c1-9(2)5-7-13-12(17)14(10(3)4)8-6-11(15)16/h5,10H,6-8H2,1-4H3,(H,13,17)(H,15,16). The van der Waals surface area contributed by atoms with E-state index in [4.69, 9.17) is 5.11 Å². The minimum absolute atomic E-state index is 0.0129. The fourth-order valence-electron chi connectivity index (χ4n) is 1.25. The van der Waals surface area contributed by atoms with Crippen LogP contribution in [0.25, 0.3) is 0 Å². The van der Waals surface area contributed by atoms with Crippen molar-refractivity contribution in [2.45, 2.75) is 40.2 Å². The number of carboxylic acids is 1. The Kier molecular flexibility index (Phi) is 7.02. The van der Waals surface area contributed by atoms with Gasteiger partial charge in [0, 0.05) is 19.1 Å². The zero-order chi connectivity index (χ0) is 13.4. The van der Waals surface area contributed by atoms with E-state index in [0.29, 0.717) is 6.54 Å². The van der Waals surface area contributed by atoms with E-state index in [0.717, 1.165) is 5.57 Å². The van der Waals surface area contributed by atoms with E-state index in [1.165, 1.54) is 4.90 Å². The van der Waals surface area contributed by atoms with E-state index < -0.39 is 5.97 Å². The summed E-state index contributed by atoms with van der Waals surface area (Å²) in [5.41, 5.74) is 1.13. The first-order valence-corrected chi connectivity index (χ1v) is 5.74.